The first-order chi connectivity index (χ1) is 10.1. The number of ether oxygens (including phenoxy) is 2. The van der Waals surface area contributed by atoms with Crippen molar-refractivity contribution in [1.82, 2.24) is 10.2 Å². The van der Waals surface area contributed by atoms with E-state index in [2.05, 4.69) is 10.2 Å². The second kappa shape index (κ2) is 6.52. The average molecular weight is 287 g/mol. The Morgan fingerprint density at radius 1 is 1.38 bits per heavy atom. The Kier molecular flexibility index (Phi) is 4.51. The smallest absolute Gasteiger partial charge is 0.347 e. The van der Waals surface area contributed by atoms with Crippen molar-refractivity contribution in [2.45, 2.75) is 26.6 Å². The van der Waals surface area contributed by atoms with E-state index in [1.807, 2.05) is 6.07 Å². The van der Waals surface area contributed by atoms with Crippen LogP contribution in [0, 0.1) is 18.3 Å². The Balaban J connectivity index is 1.85. The van der Waals surface area contributed by atoms with Gasteiger partial charge < -0.3 is 13.9 Å². The molecule has 0 aliphatic rings. The summed E-state index contributed by atoms with van der Waals surface area (Å²) in [6, 6.07) is 8.44. The van der Waals surface area contributed by atoms with Crippen LogP contribution >= 0.6 is 0 Å². The molecule has 0 saturated heterocycles. The number of nitriles is 1. The highest BCUT2D eigenvalue weighted by Gasteiger charge is 2.17. The molecule has 0 bridgehead atoms. The number of benzene rings is 1. The zero-order valence-electron chi connectivity index (χ0n) is 11.6. The fourth-order valence-corrected chi connectivity index (χ4v) is 1.51. The van der Waals surface area contributed by atoms with Crippen LogP contribution in [0.25, 0.3) is 0 Å². The summed E-state index contributed by atoms with van der Waals surface area (Å²) in [6.45, 7) is 3.12. The summed E-state index contributed by atoms with van der Waals surface area (Å²) >= 11 is 0. The number of rotatable bonds is 5. The molecule has 2 rings (SSSR count). The number of nitrogens with zero attached hydrogens (tertiary/aromatic N) is 3. The van der Waals surface area contributed by atoms with Crippen molar-refractivity contribution in [3.63, 3.8) is 0 Å². The molecular weight excluding hydrogens is 274 g/mol. The van der Waals surface area contributed by atoms with Gasteiger partial charge in [0.15, 0.2) is 12.7 Å². The van der Waals surface area contributed by atoms with Gasteiger partial charge in [0.1, 0.15) is 5.75 Å². The number of hydrogen-bond donors (Lipinski definition) is 0. The third kappa shape index (κ3) is 4.04. The van der Waals surface area contributed by atoms with Crippen molar-refractivity contribution in [2.24, 2.45) is 0 Å². The van der Waals surface area contributed by atoms with Crippen LogP contribution in [0.1, 0.15) is 24.3 Å². The number of carbonyl (C=O) groups is 1. The molecule has 0 spiro atoms. The van der Waals surface area contributed by atoms with Crippen molar-refractivity contribution in [3.8, 4) is 11.8 Å². The molecule has 2 aromatic rings. The third-order valence-corrected chi connectivity index (χ3v) is 2.53. The molecule has 1 heterocycles. The molecule has 0 N–H and O–H groups in total. The van der Waals surface area contributed by atoms with Crippen molar-refractivity contribution in [3.05, 3.63) is 41.6 Å². The Morgan fingerprint density at radius 2 is 2.10 bits per heavy atom. The molecule has 0 fully saturated rings. The van der Waals surface area contributed by atoms with E-state index in [0.29, 0.717) is 17.2 Å². The van der Waals surface area contributed by atoms with Gasteiger partial charge in [-0.2, -0.15) is 5.26 Å². The first-order valence-corrected chi connectivity index (χ1v) is 6.21. The minimum Gasteiger partial charge on any atom is -0.479 e. The van der Waals surface area contributed by atoms with Gasteiger partial charge in [0, 0.05) is 6.92 Å². The zero-order chi connectivity index (χ0) is 15.2. The Bertz CT molecular complexity index is 658. The summed E-state index contributed by atoms with van der Waals surface area (Å²) in [5, 5.41) is 16.0. The first kappa shape index (κ1) is 14.5. The Morgan fingerprint density at radius 3 is 2.67 bits per heavy atom. The van der Waals surface area contributed by atoms with Crippen LogP contribution < -0.4 is 4.74 Å². The molecule has 1 atom stereocenters. The molecule has 0 radical (unpaired) electrons. The first-order valence-electron chi connectivity index (χ1n) is 6.21. The quantitative estimate of drug-likeness (QED) is 0.772. The zero-order valence-corrected chi connectivity index (χ0v) is 11.6. The van der Waals surface area contributed by atoms with Gasteiger partial charge in [-0.05, 0) is 31.2 Å². The van der Waals surface area contributed by atoms with E-state index in [9.17, 15) is 4.79 Å². The highest BCUT2D eigenvalue weighted by molar-refractivity contribution is 5.74. The normalized spacial score (nSPS) is 11.5. The highest BCUT2D eigenvalue weighted by Crippen LogP contribution is 2.14. The lowest BCUT2D eigenvalue weighted by atomic mass is 10.2. The lowest BCUT2D eigenvalue weighted by molar-refractivity contribution is -0.153. The van der Waals surface area contributed by atoms with Crippen LogP contribution in [0.5, 0.6) is 5.75 Å². The number of aryl methyl sites for hydroxylation is 1. The van der Waals surface area contributed by atoms with Gasteiger partial charge in [-0.25, -0.2) is 4.79 Å². The van der Waals surface area contributed by atoms with E-state index in [0.717, 1.165) is 0 Å². The monoisotopic (exact) mass is 287 g/mol. The summed E-state index contributed by atoms with van der Waals surface area (Å²) in [5.74, 6) is 0.566. The maximum absolute atomic E-state index is 11.8. The van der Waals surface area contributed by atoms with Crippen LogP contribution in [0.2, 0.25) is 0 Å². The summed E-state index contributed by atoms with van der Waals surface area (Å²) < 4.78 is 15.5. The molecule has 21 heavy (non-hydrogen) atoms. The van der Waals surface area contributed by atoms with Crippen LogP contribution in [-0.2, 0) is 16.1 Å². The molecule has 7 heteroatoms. The van der Waals surface area contributed by atoms with Gasteiger partial charge in [0.05, 0.1) is 11.6 Å². The van der Waals surface area contributed by atoms with Crippen LogP contribution in [-0.4, -0.2) is 22.3 Å². The Labute approximate surface area is 121 Å². The number of hydrogen-bond acceptors (Lipinski definition) is 7. The van der Waals surface area contributed by atoms with E-state index in [1.54, 1.807) is 38.1 Å². The molecule has 0 aliphatic carbocycles. The summed E-state index contributed by atoms with van der Waals surface area (Å²) in [7, 11) is 0. The van der Waals surface area contributed by atoms with Gasteiger partial charge in [-0.15, -0.1) is 10.2 Å². The van der Waals surface area contributed by atoms with E-state index in [1.165, 1.54) is 0 Å². The second-order valence-electron chi connectivity index (χ2n) is 4.22. The van der Waals surface area contributed by atoms with E-state index < -0.39 is 12.1 Å². The van der Waals surface area contributed by atoms with E-state index in [-0.39, 0.29) is 12.5 Å². The third-order valence-electron chi connectivity index (χ3n) is 2.53. The van der Waals surface area contributed by atoms with Crippen molar-refractivity contribution < 1.29 is 18.7 Å². The lowest BCUT2D eigenvalue weighted by Crippen LogP contribution is -2.26. The molecule has 1 unspecified atom stereocenters. The van der Waals surface area contributed by atoms with Gasteiger partial charge in [0.25, 0.3) is 5.89 Å². The number of carbonyl (C=O) groups excluding carboxylic acids is 1. The number of aromatic nitrogens is 2. The van der Waals surface area contributed by atoms with Crippen molar-refractivity contribution in [2.75, 3.05) is 0 Å². The maximum Gasteiger partial charge on any atom is 0.347 e. The minimum absolute atomic E-state index is 0.0965. The maximum atomic E-state index is 11.8. The molecule has 108 valence electrons. The summed E-state index contributed by atoms with van der Waals surface area (Å²) in [4.78, 5) is 11.8. The minimum atomic E-state index is -0.790. The molecule has 7 nitrogen and oxygen atoms in total. The Hall–Kier alpha value is -2.88. The van der Waals surface area contributed by atoms with Crippen LogP contribution in [0.3, 0.4) is 0 Å². The lowest BCUT2D eigenvalue weighted by Gasteiger charge is -2.13. The van der Waals surface area contributed by atoms with E-state index in [4.69, 9.17) is 19.2 Å². The second-order valence-corrected chi connectivity index (χ2v) is 4.22. The highest BCUT2D eigenvalue weighted by atomic mass is 16.6. The summed E-state index contributed by atoms with van der Waals surface area (Å²) in [5.41, 5.74) is 0.518. The topological polar surface area (TPSA) is 98.2 Å². The predicted molar refractivity (Wildman–Crippen MR) is 70.1 cm³/mol. The fraction of sp³-hybridized carbons (Fsp3) is 0.286. The molecule has 0 saturated carbocycles. The predicted octanol–water partition coefficient (Wildman–Crippen LogP) is 1.76. The number of esters is 1. The van der Waals surface area contributed by atoms with Crippen LogP contribution in [0.4, 0.5) is 0 Å². The van der Waals surface area contributed by atoms with Gasteiger partial charge in [-0.3, -0.25) is 0 Å². The SMILES string of the molecule is Cc1nnc(COC(=O)C(C)Oc2ccc(C#N)cc2)o1. The fourth-order valence-electron chi connectivity index (χ4n) is 1.51. The van der Waals surface area contributed by atoms with Gasteiger partial charge in [0.2, 0.25) is 5.89 Å². The van der Waals surface area contributed by atoms with Gasteiger partial charge >= 0.3 is 5.97 Å². The van der Waals surface area contributed by atoms with E-state index >= 15 is 0 Å². The standard InChI is InChI=1S/C14H13N3O4/c1-9(20-12-5-3-11(7-15)4-6-12)14(18)19-8-13-17-16-10(2)21-13/h3-6,9H,8H2,1-2H3. The molecule has 0 amide bonds. The summed E-state index contributed by atoms with van der Waals surface area (Å²) in [6.07, 6.45) is -0.790. The van der Waals surface area contributed by atoms with Crippen molar-refractivity contribution >= 4 is 5.97 Å². The molecule has 0 aliphatic heterocycles. The van der Waals surface area contributed by atoms with Crippen molar-refractivity contribution in [1.29, 1.82) is 5.26 Å². The molecule has 1 aromatic heterocycles. The molecular formula is C14H13N3O4. The average Bonchev–Trinajstić information content (AvgIpc) is 2.91. The largest absolute Gasteiger partial charge is 0.479 e. The van der Waals surface area contributed by atoms with Crippen LogP contribution in [0.15, 0.2) is 28.7 Å². The van der Waals surface area contributed by atoms with Gasteiger partial charge in [-0.1, -0.05) is 0 Å². The molecule has 1 aromatic carbocycles.